The molecule has 0 aliphatic carbocycles. The molecule has 0 fully saturated rings. The summed E-state index contributed by atoms with van der Waals surface area (Å²) in [5.41, 5.74) is 15.7. The predicted molar refractivity (Wildman–Crippen MR) is 245 cm³/mol. The van der Waals surface area contributed by atoms with Gasteiger partial charge in [-0.15, -0.1) is 0 Å². The number of para-hydroxylation sites is 2. The smallest absolute Gasteiger partial charge is 0.227 e. The van der Waals surface area contributed by atoms with Gasteiger partial charge >= 0.3 is 0 Å². The minimum Gasteiger partial charge on any atom is -0.456 e. The van der Waals surface area contributed by atoms with Crippen LogP contribution in [0.15, 0.2) is 220 Å². The SMILES string of the molecule is c1ccc(-c2ccc(N(c3ccc(-c4ccc5c(c4)oc4cc6nc(-c7ccccc7)oc6cc45)cc3)c3ccc(-c4cccc5c4oc4ccccc45)cc3)cc2)cc1. The standard InChI is InChI=1S/C55H34N2O3/c1-3-10-35(11-4-1)36-18-25-41(26-19-36)57(43-29-22-38(23-30-43)44-15-9-16-47-45-14-7-8-17-50(45)59-54(44)47)42-27-20-37(21-28-42)40-24-31-46-48-33-53-49(34-52(48)58-51(46)32-40)56-55(60-53)39-12-5-2-6-13-39/h1-34H. The summed E-state index contributed by atoms with van der Waals surface area (Å²) < 4.78 is 19.0. The third kappa shape index (κ3) is 5.75. The largest absolute Gasteiger partial charge is 0.456 e. The average Bonchev–Trinajstić information content (AvgIpc) is 4.02. The Morgan fingerprint density at radius 1 is 0.317 bits per heavy atom. The van der Waals surface area contributed by atoms with Gasteiger partial charge in [0.15, 0.2) is 5.58 Å². The fraction of sp³-hybridized carbons (Fsp3) is 0. The van der Waals surface area contributed by atoms with Gasteiger partial charge in [0.1, 0.15) is 27.8 Å². The van der Waals surface area contributed by atoms with Crippen molar-refractivity contribution in [3.8, 4) is 44.8 Å². The Bertz CT molecular complexity index is 3510. The maximum Gasteiger partial charge on any atom is 0.227 e. The molecule has 0 N–H and O–H groups in total. The van der Waals surface area contributed by atoms with Gasteiger partial charge in [0.05, 0.1) is 0 Å². The van der Waals surface area contributed by atoms with Gasteiger partial charge in [0.2, 0.25) is 5.89 Å². The second-order valence-corrected chi connectivity index (χ2v) is 15.1. The van der Waals surface area contributed by atoms with Crippen LogP contribution in [0.25, 0.3) is 99.8 Å². The zero-order valence-corrected chi connectivity index (χ0v) is 32.2. The van der Waals surface area contributed by atoms with E-state index in [-0.39, 0.29) is 0 Å². The molecule has 0 radical (unpaired) electrons. The Hall–Kier alpha value is -8.15. The first-order valence-electron chi connectivity index (χ1n) is 20.1. The first-order chi connectivity index (χ1) is 29.7. The Labute approximate surface area is 345 Å². The highest BCUT2D eigenvalue weighted by atomic mass is 16.4. The molecule has 0 amide bonds. The van der Waals surface area contributed by atoms with E-state index in [0.717, 1.165) is 99.9 Å². The van der Waals surface area contributed by atoms with E-state index >= 15 is 0 Å². The molecule has 0 aliphatic heterocycles. The zero-order chi connectivity index (χ0) is 39.6. The van der Waals surface area contributed by atoms with Gasteiger partial charge in [-0.3, -0.25) is 0 Å². The number of fused-ring (bicyclic) bond motifs is 7. The van der Waals surface area contributed by atoms with Crippen molar-refractivity contribution in [1.82, 2.24) is 4.98 Å². The summed E-state index contributed by atoms with van der Waals surface area (Å²) in [7, 11) is 0. The third-order valence-corrected chi connectivity index (χ3v) is 11.5. The number of hydrogen-bond donors (Lipinski definition) is 0. The summed E-state index contributed by atoms with van der Waals surface area (Å²) in [6, 6.07) is 71.8. The van der Waals surface area contributed by atoms with Crippen LogP contribution in [0.1, 0.15) is 0 Å². The summed E-state index contributed by atoms with van der Waals surface area (Å²) in [6.45, 7) is 0. The van der Waals surface area contributed by atoms with E-state index in [2.05, 4.69) is 150 Å². The van der Waals surface area contributed by atoms with Crippen molar-refractivity contribution in [2.75, 3.05) is 4.90 Å². The van der Waals surface area contributed by atoms with Crippen molar-refractivity contribution < 1.29 is 13.3 Å². The Kier molecular flexibility index (Phi) is 7.78. The Morgan fingerprint density at radius 2 is 0.867 bits per heavy atom. The number of aromatic nitrogens is 1. The van der Waals surface area contributed by atoms with E-state index in [0.29, 0.717) is 5.89 Å². The molecular formula is C55H34N2O3. The lowest BCUT2D eigenvalue weighted by molar-refractivity contribution is 0.620. The minimum atomic E-state index is 0.602. The summed E-state index contributed by atoms with van der Waals surface area (Å²) >= 11 is 0. The van der Waals surface area contributed by atoms with E-state index in [1.165, 1.54) is 11.1 Å². The first-order valence-corrected chi connectivity index (χ1v) is 20.1. The monoisotopic (exact) mass is 770 g/mol. The molecule has 60 heavy (non-hydrogen) atoms. The van der Waals surface area contributed by atoms with Crippen LogP contribution in [0, 0.1) is 0 Å². The Morgan fingerprint density at radius 3 is 1.58 bits per heavy atom. The third-order valence-electron chi connectivity index (χ3n) is 11.5. The van der Waals surface area contributed by atoms with Crippen molar-refractivity contribution >= 4 is 72.0 Å². The van der Waals surface area contributed by atoms with E-state index in [1.54, 1.807) is 0 Å². The fourth-order valence-electron chi connectivity index (χ4n) is 8.53. The van der Waals surface area contributed by atoms with Crippen LogP contribution in [0.4, 0.5) is 17.1 Å². The average molecular weight is 771 g/mol. The van der Waals surface area contributed by atoms with Crippen LogP contribution >= 0.6 is 0 Å². The molecule has 0 unspecified atom stereocenters. The van der Waals surface area contributed by atoms with Crippen LogP contribution in [0.2, 0.25) is 0 Å². The molecule has 5 nitrogen and oxygen atoms in total. The van der Waals surface area contributed by atoms with Gasteiger partial charge in [-0.25, -0.2) is 4.98 Å². The molecule has 282 valence electrons. The number of rotatable bonds is 7. The number of nitrogens with zero attached hydrogens (tertiary/aromatic N) is 2. The van der Waals surface area contributed by atoms with Gasteiger partial charge in [0, 0.05) is 55.8 Å². The summed E-state index contributed by atoms with van der Waals surface area (Å²) in [5, 5.41) is 4.29. The molecule has 0 saturated carbocycles. The Balaban J connectivity index is 0.893. The molecule has 5 heteroatoms. The van der Waals surface area contributed by atoms with Gasteiger partial charge < -0.3 is 18.2 Å². The second-order valence-electron chi connectivity index (χ2n) is 15.1. The number of anilines is 3. The van der Waals surface area contributed by atoms with Crippen molar-refractivity contribution in [1.29, 1.82) is 0 Å². The van der Waals surface area contributed by atoms with Crippen LogP contribution in [0.3, 0.4) is 0 Å². The van der Waals surface area contributed by atoms with Crippen molar-refractivity contribution in [3.05, 3.63) is 206 Å². The maximum absolute atomic E-state index is 6.44. The normalized spacial score (nSPS) is 11.7. The second kappa shape index (κ2) is 13.8. The van der Waals surface area contributed by atoms with Crippen molar-refractivity contribution in [2.24, 2.45) is 0 Å². The molecule has 0 saturated heterocycles. The lowest BCUT2D eigenvalue weighted by Gasteiger charge is -2.26. The van der Waals surface area contributed by atoms with Gasteiger partial charge in [-0.2, -0.15) is 0 Å². The highest BCUT2D eigenvalue weighted by Crippen LogP contribution is 2.41. The zero-order valence-electron chi connectivity index (χ0n) is 32.2. The highest BCUT2D eigenvalue weighted by molar-refractivity contribution is 6.10. The van der Waals surface area contributed by atoms with E-state index in [9.17, 15) is 0 Å². The summed E-state index contributed by atoms with van der Waals surface area (Å²) in [4.78, 5) is 7.06. The molecule has 3 aromatic heterocycles. The molecule has 9 aromatic carbocycles. The lowest BCUT2D eigenvalue weighted by Crippen LogP contribution is -2.09. The van der Waals surface area contributed by atoms with Crippen LogP contribution < -0.4 is 4.90 Å². The molecule has 0 aliphatic rings. The lowest BCUT2D eigenvalue weighted by atomic mass is 10.0. The molecule has 0 atom stereocenters. The van der Waals surface area contributed by atoms with E-state index in [1.807, 2.05) is 60.7 Å². The quantitative estimate of drug-likeness (QED) is 0.162. The number of furan rings is 2. The topological polar surface area (TPSA) is 55.6 Å². The van der Waals surface area contributed by atoms with E-state index < -0.39 is 0 Å². The van der Waals surface area contributed by atoms with Crippen LogP contribution in [-0.2, 0) is 0 Å². The highest BCUT2D eigenvalue weighted by Gasteiger charge is 2.18. The van der Waals surface area contributed by atoms with E-state index in [4.69, 9.17) is 18.2 Å². The van der Waals surface area contributed by atoms with Crippen molar-refractivity contribution in [3.63, 3.8) is 0 Å². The molecule has 0 spiro atoms. The summed E-state index contributed by atoms with van der Waals surface area (Å²) in [6.07, 6.45) is 0. The molecule has 12 aromatic rings. The predicted octanol–water partition coefficient (Wildman–Crippen LogP) is 15.8. The number of oxazole rings is 1. The summed E-state index contributed by atoms with van der Waals surface area (Å²) in [5.74, 6) is 0.602. The molecule has 12 rings (SSSR count). The minimum absolute atomic E-state index is 0.602. The fourth-order valence-corrected chi connectivity index (χ4v) is 8.53. The van der Waals surface area contributed by atoms with Crippen molar-refractivity contribution in [2.45, 2.75) is 0 Å². The van der Waals surface area contributed by atoms with Gasteiger partial charge in [-0.1, -0.05) is 127 Å². The molecule has 0 bridgehead atoms. The van der Waals surface area contributed by atoms with Crippen LogP contribution in [-0.4, -0.2) is 4.98 Å². The van der Waals surface area contributed by atoms with Gasteiger partial charge in [0.25, 0.3) is 0 Å². The number of benzene rings is 9. The van der Waals surface area contributed by atoms with Crippen LogP contribution in [0.5, 0.6) is 0 Å². The number of hydrogen-bond acceptors (Lipinski definition) is 5. The molecular weight excluding hydrogens is 737 g/mol. The first kappa shape index (κ1) is 33.9. The maximum atomic E-state index is 6.44. The molecule has 3 heterocycles. The van der Waals surface area contributed by atoms with Gasteiger partial charge in [-0.05, 0) is 101 Å².